The first-order valence-electron chi connectivity index (χ1n) is 13.1. The summed E-state index contributed by atoms with van der Waals surface area (Å²) in [5, 5.41) is 11.6. The zero-order valence-electron chi connectivity index (χ0n) is 22.7. The van der Waals surface area contributed by atoms with Crippen molar-refractivity contribution in [3.05, 3.63) is 46.5 Å². The summed E-state index contributed by atoms with van der Waals surface area (Å²) < 4.78 is 27.6. The molecule has 2 heterocycles. The number of phenols is 1. The summed E-state index contributed by atoms with van der Waals surface area (Å²) in [6, 6.07) is 4.99. The maximum absolute atomic E-state index is 13.4. The van der Waals surface area contributed by atoms with Crippen LogP contribution in [0, 0.1) is 0 Å². The molecule has 2 aliphatic rings. The highest BCUT2D eigenvalue weighted by Crippen LogP contribution is 2.49. The number of aromatic hydroxyl groups is 1. The molecule has 2 aliphatic heterocycles. The van der Waals surface area contributed by atoms with Gasteiger partial charge in [0.1, 0.15) is 22.8 Å². The van der Waals surface area contributed by atoms with Crippen LogP contribution >= 0.6 is 0 Å². The Balaban J connectivity index is 1.86. The Kier molecular flexibility index (Phi) is 8.79. The molecule has 4 rings (SSSR count). The quantitative estimate of drug-likeness (QED) is 0.406. The molecule has 2 unspecified atom stereocenters. The number of esters is 2. The zero-order valence-corrected chi connectivity index (χ0v) is 22.7. The van der Waals surface area contributed by atoms with Crippen LogP contribution in [-0.4, -0.2) is 50.3 Å². The molecule has 0 saturated carbocycles. The Bertz CT molecular complexity index is 1270. The monoisotopic (exact) mass is 538 g/mol. The van der Waals surface area contributed by atoms with Crippen molar-refractivity contribution in [1.29, 1.82) is 0 Å². The number of cyclic esters (lactones) is 1. The number of phenolic OH excluding ortho intramolecular Hbond substituents is 1. The zero-order chi connectivity index (χ0) is 28.1. The fourth-order valence-corrected chi connectivity index (χ4v) is 5.11. The van der Waals surface area contributed by atoms with Crippen molar-refractivity contribution in [2.24, 2.45) is 0 Å². The van der Waals surface area contributed by atoms with Gasteiger partial charge in [0.05, 0.1) is 33.9 Å². The summed E-state index contributed by atoms with van der Waals surface area (Å²) in [5.74, 6) is -0.628. The third kappa shape index (κ3) is 6.02. The lowest BCUT2D eigenvalue weighted by atomic mass is 9.83. The maximum atomic E-state index is 13.4. The smallest absolute Gasteiger partial charge is 0.342 e. The van der Waals surface area contributed by atoms with Gasteiger partial charge in [0, 0.05) is 24.3 Å². The molecule has 0 bridgehead atoms. The molecule has 0 radical (unpaired) electrons. The Morgan fingerprint density at radius 3 is 2.31 bits per heavy atom. The number of fused-ring (bicyclic) bond motifs is 2. The maximum Gasteiger partial charge on any atom is 0.342 e. The summed E-state index contributed by atoms with van der Waals surface area (Å²) in [6.07, 6.45) is 6.36. The first kappa shape index (κ1) is 28.0. The van der Waals surface area contributed by atoms with E-state index in [1.54, 1.807) is 31.2 Å². The van der Waals surface area contributed by atoms with Gasteiger partial charge in [-0.05, 0) is 61.9 Å². The average Bonchev–Trinajstić information content (AvgIpc) is 2.90. The molecule has 2 aromatic carbocycles. The molecule has 9 heteroatoms. The topological polar surface area (TPSA) is 118 Å². The van der Waals surface area contributed by atoms with Gasteiger partial charge in [-0.2, -0.15) is 0 Å². The molecule has 39 heavy (non-hydrogen) atoms. The molecular weight excluding hydrogens is 504 g/mol. The number of carbonyl (C=O) groups excluding carboxylic acids is 3. The molecule has 208 valence electrons. The Morgan fingerprint density at radius 1 is 0.949 bits per heavy atom. The summed E-state index contributed by atoms with van der Waals surface area (Å²) in [7, 11) is 4.47. The van der Waals surface area contributed by atoms with E-state index in [4.69, 9.17) is 23.7 Å². The fourth-order valence-electron chi connectivity index (χ4n) is 5.11. The van der Waals surface area contributed by atoms with Gasteiger partial charge in [-0.25, -0.2) is 4.79 Å². The molecule has 0 fully saturated rings. The van der Waals surface area contributed by atoms with Gasteiger partial charge in [0.15, 0.2) is 11.5 Å². The van der Waals surface area contributed by atoms with Crippen LogP contribution in [0.4, 0.5) is 0 Å². The summed E-state index contributed by atoms with van der Waals surface area (Å²) in [4.78, 5) is 38.2. The SMILES string of the molecule is COc1cc(C2CC(=O)Oc3cc4c(c(O)c32)C(=O)OC(C)CCCC(=O)CCCC=C4)cc(OC)c1OC. The molecule has 0 spiro atoms. The molecule has 2 atom stereocenters. The van der Waals surface area contributed by atoms with Crippen LogP contribution in [-0.2, 0) is 14.3 Å². The van der Waals surface area contributed by atoms with Crippen LogP contribution < -0.4 is 18.9 Å². The first-order valence-corrected chi connectivity index (χ1v) is 13.1. The van der Waals surface area contributed by atoms with E-state index < -0.39 is 24.0 Å². The van der Waals surface area contributed by atoms with Crippen molar-refractivity contribution in [1.82, 2.24) is 0 Å². The Hall–Kier alpha value is -4.01. The van der Waals surface area contributed by atoms with Crippen molar-refractivity contribution in [3.63, 3.8) is 0 Å². The van der Waals surface area contributed by atoms with Crippen LogP contribution in [0.1, 0.15) is 84.8 Å². The van der Waals surface area contributed by atoms with Gasteiger partial charge in [-0.15, -0.1) is 0 Å². The molecule has 0 amide bonds. The van der Waals surface area contributed by atoms with Gasteiger partial charge in [0.25, 0.3) is 0 Å². The standard InChI is InChI=1S/C30H34O9/c1-17-9-8-12-20(31)11-7-5-6-10-18-13-22-27(28(33)26(18)30(34)38-17)21(16-25(32)39-22)19-14-23(35-2)29(37-4)24(15-19)36-3/h6,10,13-15,17,21,33H,5,7-9,11-12,16H2,1-4H3. The minimum absolute atomic E-state index is 0.000349. The van der Waals surface area contributed by atoms with E-state index >= 15 is 0 Å². The van der Waals surface area contributed by atoms with E-state index in [2.05, 4.69) is 0 Å². The average molecular weight is 539 g/mol. The normalized spacial score (nSPS) is 20.2. The molecule has 0 saturated heterocycles. The van der Waals surface area contributed by atoms with Crippen molar-refractivity contribution in [2.45, 2.75) is 63.9 Å². The molecule has 0 aromatic heterocycles. The number of hydrogen-bond acceptors (Lipinski definition) is 9. The molecule has 2 aromatic rings. The number of benzene rings is 2. The molecule has 0 aliphatic carbocycles. The second-order valence-corrected chi connectivity index (χ2v) is 9.73. The van der Waals surface area contributed by atoms with E-state index in [1.165, 1.54) is 21.3 Å². The Labute approximate surface area is 227 Å². The van der Waals surface area contributed by atoms with Crippen molar-refractivity contribution >= 4 is 23.8 Å². The van der Waals surface area contributed by atoms with Crippen molar-refractivity contribution < 1.29 is 43.2 Å². The van der Waals surface area contributed by atoms with Gasteiger partial charge in [-0.3, -0.25) is 9.59 Å². The highest BCUT2D eigenvalue weighted by Gasteiger charge is 2.36. The Morgan fingerprint density at radius 2 is 1.64 bits per heavy atom. The summed E-state index contributed by atoms with van der Waals surface area (Å²) in [5.41, 5.74) is 1.28. The fraction of sp³-hybridized carbons (Fsp3) is 0.433. The van der Waals surface area contributed by atoms with Crippen molar-refractivity contribution in [3.8, 4) is 28.7 Å². The van der Waals surface area contributed by atoms with Gasteiger partial charge < -0.3 is 28.8 Å². The highest BCUT2D eigenvalue weighted by atomic mass is 16.5. The highest BCUT2D eigenvalue weighted by molar-refractivity contribution is 5.98. The molecule has 9 nitrogen and oxygen atoms in total. The van der Waals surface area contributed by atoms with Gasteiger partial charge in [0.2, 0.25) is 5.75 Å². The van der Waals surface area contributed by atoms with Crippen LogP contribution in [0.3, 0.4) is 0 Å². The summed E-state index contributed by atoms with van der Waals surface area (Å²) >= 11 is 0. The number of Topliss-reactive ketones (excluding diaryl/α,β-unsaturated/α-hetero) is 1. The number of hydrogen-bond donors (Lipinski definition) is 1. The third-order valence-corrected chi connectivity index (χ3v) is 7.07. The van der Waals surface area contributed by atoms with Gasteiger partial charge in [-0.1, -0.05) is 12.2 Å². The largest absolute Gasteiger partial charge is 0.507 e. The second kappa shape index (κ2) is 12.2. The van der Waals surface area contributed by atoms with Gasteiger partial charge >= 0.3 is 11.9 Å². The number of ether oxygens (including phenoxy) is 5. The summed E-state index contributed by atoms with van der Waals surface area (Å²) in [6.45, 7) is 1.76. The molecular formula is C30H34O9. The van der Waals surface area contributed by atoms with Crippen LogP contribution in [0.5, 0.6) is 28.7 Å². The first-order chi connectivity index (χ1) is 18.8. The number of ketones is 1. The third-order valence-electron chi connectivity index (χ3n) is 7.07. The lowest BCUT2D eigenvalue weighted by molar-refractivity contribution is -0.135. The second-order valence-electron chi connectivity index (χ2n) is 9.73. The molecule has 1 N–H and O–H groups in total. The van der Waals surface area contributed by atoms with E-state index in [0.29, 0.717) is 72.5 Å². The van der Waals surface area contributed by atoms with E-state index in [0.717, 1.165) is 0 Å². The minimum Gasteiger partial charge on any atom is -0.507 e. The predicted molar refractivity (Wildman–Crippen MR) is 143 cm³/mol. The van der Waals surface area contributed by atoms with Crippen LogP contribution in [0.15, 0.2) is 24.3 Å². The van der Waals surface area contributed by atoms with E-state index in [1.807, 2.05) is 6.08 Å². The lowest BCUT2D eigenvalue weighted by Gasteiger charge is -2.28. The van der Waals surface area contributed by atoms with Crippen LogP contribution in [0.2, 0.25) is 0 Å². The van der Waals surface area contributed by atoms with Crippen LogP contribution in [0.25, 0.3) is 6.08 Å². The van der Waals surface area contributed by atoms with Crippen molar-refractivity contribution in [2.75, 3.05) is 21.3 Å². The number of rotatable bonds is 4. The number of allylic oxidation sites excluding steroid dienone is 1. The lowest BCUT2D eigenvalue weighted by Crippen LogP contribution is -2.23. The number of carbonyl (C=O) groups is 3. The predicted octanol–water partition coefficient (Wildman–Crippen LogP) is 5.34. The van der Waals surface area contributed by atoms with E-state index in [9.17, 15) is 19.5 Å². The van der Waals surface area contributed by atoms with E-state index in [-0.39, 0.29) is 29.3 Å². The minimum atomic E-state index is -0.689. The number of methoxy groups -OCH3 is 3.